The minimum atomic E-state index is -1.03. The van der Waals surface area contributed by atoms with E-state index in [1.54, 1.807) is 19.1 Å². The van der Waals surface area contributed by atoms with Gasteiger partial charge in [-0.15, -0.1) is 0 Å². The van der Waals surface area contributed by atoms with E-state index >= 15 is 0 Å². The number of methoxy groups -OCH3 is 1. The van der Waals surface area contributed by atoms with E-state index in [9.17, 15) is 23.6 Å². The zero-order chi connectivity index (χ0) is 31.6. The first kappa shape index (κ1) is 32.7. The molecule has 0 unspecified atom stereocenters. The Kier molecular flexibility index (Phi) is 11.5. The first-order chi connectivity index (χ1) is 21.2. The fraction of sp³-hybridized carbons (Fsp3) is 0.531. The highest BCUT2D eigenvalue weighted by Gasteiger charge is 2.38. The molecule has 1 aromatic heterocycles. The smallest absolute Gasteiger partial charge is 0.329 e. The highest BCUT2D eigenvalue weighted by atomic mass is 19.1. The number of ether oxygens (including phenoxy) is 5. The second-order valence-electron chi connectivity index (χ2n) is 11.2. The minimum Gasteiger partial charge on any atom is -0.493 e. The maximum absolute atomic E-state index is 13.6. The second kappa shape index (κ2) is 15.5. The maximum Gasteiger partial charge on any atom is 0.329 e. The van der Waals surface area contributed by atoms with Crippen molar-refractivity contribution in [3.8, 4) is 11.5 Å². The van der Waals surface area contributed by atoms with Crippen molar-refractivity contribution in [2.75, 3.05) is 13.9 Å². The Bertz CT molecular complexity index is 1310. The van der Waals surface area contributed by atoms with Crippen LogP contribution in [0.2, 0.25) is 0 Å². The molecule has 1 aliphatic heterocycles. The van der Waals surface area contributed by atoms with Crippen molar-refractivity contribution in [3.05, 3.63) is 53.6 Å². The summed E-state index contributed by atoms with van der Waals surface area (Å²) in [7, 11) is 1.38. The number of nitrogens with zero attached hydrogens (tertiary/aromatic N) is 1. The van der Waals surface area contributed by atoms with Crippen LogP contribution in [-0.2, 0) is 35.0 Å². The third-order valence-electron chi connectivity index (χ3n) is 8.01. The van der Waals surface area contributed by atoms with E-state index < -0.39 is 42.9 Å². The number of aromatic nitrogens is 1. The quantitative estimate of drug-likeness (QED) is 0.234. The predicted octanol–water partition coefficient (Wildman–Crippen LogP) is 4.30. The second-order valence-corrected chi connectivity index (χ2v) is 11.2. The number of halogens is 1. The molecule has 44 heavy (non-hydrogen) atoms. The van der Waals surface area contributed by atoms with E-state index in [1.807, 2.05) is 0 Å². The summed E-state index contributed by atoms with van der Waals surface area (Å²) >= 11 is 0. The minimum absolute atomic E-state index is 0.0585. The van der Waals surface area contributed by atoms with Gasteiger partial charge >= 0.3 is 17.9 Å². The molecular weight excluding hydrogens is 575 g/mol. The van der Waals surface area contributed by atoms with Gasteiger partial charge in [-0.1, -0.05) is 31.4 Å². The monoisotopic (exact) mass is 614 g/mol. The van der Waals surface area contributed by atoms with Crippen LogP contribution in [0.4, 0.5) is 4.39 Å². The highest BCUT2D eigenvalue weighted by molar-refractivity contribution is 5.98. The van der Waals surface area contributed by atoms with E-state index in [2.05, 4.69) is 10.3 Å². The van der Waals surface area contributed by atoms with Crippen LogP contribution in [0, 0.1) is 17.7 Å². The molecule has 11 nitrogen and oxygen atoms in total. The molecule has 238 valence electrons. The van der Waals surface area contributed by atoms with Gasteiger partial charge in [0, 0.05) is 25.1 Å². The van der Waals surface area contributed by atoms with Gasteiger partial charge in [0.2, 0.25) is 6.79 Å². The molecule has 4 atom stereocenters. The molecule has 12 heteroatoms. The molecule has 2 aromatic rings. The van der Waals surface area contributed by atoms with Crippen LogP contribution in [0.5, 0.6) is 11.5 Å². The normalized spacial score (nSPS) is 22.5. The summed E-state index contributed by atoms with van der Waals surface area (Å²) in [6.45, 7) is 2.42. The third kappa shape index (κ3) is 8.67. The summed E-state index contributed by atoms with van der Waals surface area (Å²) in [6.07, 6.45) is 5.05. The molecule has 1 N–H and O–H groups in total. The molecule has 1 amide bonds. The van der Waals surface area contributed by atoms with Crippen LogP contribution in [-0.4, -0.2) is 61.0 Å². The van der Waals surface area contributed by atoms with Crippen molar-refractivity contribution in [1.82, 2.24) is 10.3 Å². The lowest BCUT2D eigenvalue weighted by Gasteiger charge is -2.31. The van der Waals surface area contributed by atoms with Gasteiger partial charge in [0.15, 0.2) is 17.2 Å². The maximum atomic E-state index is 13.6. The molecule has 1 aliphatic carbocycles. The van der Waals surface area contributed by atoms with Crippen LogP contribution >= 0.6 is 0 Å². The van der Waals surface area contributed by atoms with Crippen molar-refractivity contribution in [2.45, 2.75) is 83.5 Å². The van der Waals surface area contributed by atoms with Gasteiger partial charge in [0.25, 0.3) is 5.91 Å². The van der Waals surface area contributed by atoms with Gasteiger partial charge in [-0.05, 0) is 56.7 Å². The number of rotatable bonds is 10. The average Bonchev–Trinajstić information content (AvgIpc) is 3.55. The summed E-state index contributed by atoms with van der Waals surface area (Å²) in [5, 5.41) is 2.69. The zero-order valence-corrected chi connectivity index (χ0v) is 25.2. The summed E-state index contributed by atoms with van der Waals surface area (Å²) in [5.41, 5.74) is 0.695. The number of amides is 1. The predicted molar refractivity (Wildman–Crippen MR) is 154 cm³/mol. The topological polar surface area (TPSA) is 139 Å². The number of hydrogen-bond donors (Lipinski definition) is 1. The number of hydrogen-bond acceptors (Lipinski definition) is 10. The van der Waals surface area contributed by atoms with E-state index in [4.69, 9.17) is 23.7 Å². The van der Waals surface area contributed by atoms with Crippen LogP contribution < -0.4 is 14.8 Å². The van der Waals surface area contributed by atoms with Crippen molar-refractivity contribution >= 4 is 23.8 Å². The lowest BCUT2D eigenvalue weighted by Crippen LogP contribution is -2.45. The molecule has 2 fully saturated rings. The molecule has 1 aromatic carbocycles. The molecule has 0 spiro atoms. The van der Waals surface area contributed by atoms with Gasteiger partial charge in [0.1, 0.15) is 24.1 Å². The van der Waals surface area contributed by atoms with Crippen LogP contribution in [0.15, 0.2) is 36.5 Å². The molecule has 2 aliphatic rings. The first-order valence-corrected chi connectivity index (χ1v) is 14.9. The number of cyclic esters (lactones) is 1. The number of pyridine rings is 1. The summed E-state index contributed by atoms with van der Waals surface area (Å²) in [4.78, 5) is 55.2. The lowest BCUT2D eigenvalue weighted by molar-refractivity contribution is -0.174. The van der Waals surface area contributed by atoms with Gasteiger partial charge in [-0.25, -0.2) is 14.2 Å². The average molecular weight is 615 g/mol. The molecule has 0 radical (unpaired) electrons. The number of carbonyl (C=O) groups is 4. The SMILES string of the molecule is COc1ccnc(C(=O)N[C@H]2CCC[C@H](Cc3ccc(F)cc3)[C@@H](OC(=O)C3CCCC3)[C@H](C)OC2=O)c1OCOC(C)=O. The Morgan fingerprint density at radius 3 is 2.45 bits per heavy atom. The summed E-state index contributed by atoms with van der Waals surface area (Å²) < 4.78 is 41.1. The van der Waals surface area contributed by atoms with Crippen molar-refractivity contribution < 1.29 is 47.3 Å². The molecule has 1 saturated heterocycles. The van der Waals surface area contributed by atoms with Gasteiger partial charge < -0.3 is 29.0 Å². The Hall–Kier alpha value is -4.22. The number of benzene rings is 1. The van der Waals surface area contributed by atoms with E-state index in [-0.39, 0.29) is 47.2 Å². The van der Waals surface area contributed by atoms with E-state index in [0.29, 0.717) is 19.3 Å². The largest absolute Gasteiger partial charge is 0.493 e. The molecule has 2 heterocycles. The third-order valence-corrected chi connectivity index (χ3v) is 8.01. The molecule has 0 bridgehead atoms. The standard InChI is InChI=1S/C32H39FN2O9/c1-19-28(44-31(38)22-7-4-5-8-22)23(17-21-11-13-24(33)14-12-21)9-6-10-25(32(39)43-19)35-30(37)27-29(42-18-41-20(2)36)26(40-3)15-16-34-27/h11-16,19,22-23,25,28H,4-10,17-18H2,1-3H3,(H,35,37)/t19-,23+,25-,28-/m0/s1. The fourth-order valence-corrected chi connectivity index (χ4v) is 5.73. The lowest BCUT2D eigenvalue weighted by atomic mass is 9.86. The van der Waals surface area contributed by atoms with Crippen molar-refractivity contribution in [1.29, 1.82) is 0 Å². The highest BCUT2D eigenvalue weighted by Crippen LogP contribution is 2.32. The Labute approximate surface area is 255 Å². The van der Waals surface area contributed by atoms with E-state index in [1.165, 1.54) is 38.4 Å². The van der Waals surface area contributed by atoms with Crippen LogP contribution in [0.1, 0.15) is 74.8 Å². The number of carbonyl (C=O) groups excluding carboxylic acids is 4. The van der Waals surface area contributed by atoms with Crippen molar-refractivity contribution in [3.63, 3.8) is 0 Å². The fourth-order valence-electron chi connectivity index (χ4n) is 5.73. The first-order valence-electron chi connectivity index (χ1n) is 14.9. The zero-order valence-electron chi connectivity index (χ0n) is 25.2. The van der Waals surface area contributed by atoms with Crippen LogP contribution in [0.3, 0.4) is 0 Å². The number of nitrogens with one attached hydrogen (secondary N) is 1. The van der Waals surface area contributed by atoms with Gasteiger partial charge in [0.05, 0.1) is 13.0 Å². The Morgan fingerprint density at radius 2 is 1.77 bits per heavy atom. The molecular formula is C32H39FN2O9. The number of esters is 3. The van der Waals surface area contributed by atoms with Crippen molar-refractivity contribution in [2.24, 2.45) is 11.8 Å². The van der Waals surface area contributed by atoms with Gasteiger partial charge in [-0.2, -0.15) is 0 Å². The van der Waals surface area contributed by atoms with Gasteiger partial charge in [-0.3, -0.25) is 14.4 Å². The Morgan fingerprint density at radius 1 is 1.05 bits per heavy atom. The molecule has 1 saturated carbocycles. The molecule has 4 rings (SSSR count). The summed E-state index contributed by atoms with van der Waals surface area (Å²) in [5.74, 6) is -2.90. The summed E-state index contributed by atoms with van der Waals surface area (Å²) in [6, 6.07) is 6.60. The van der Waals surface area contributed by atoms with Crippen LogP contribution in [0.25, 0.3) is 0 Å². The van der Waals surface area contributed by atoms with E-state index in [0.717, 1.165) is 31.2 Å². The Balaban J connectivity index is 1.53.